The lowest BCUT2D eigenvalue weighted by Gasteiger charge is -2.12. The smallest absolute Gasteiger partial charge is 0.272 e. The Morgan fingerprint density at radius 2 is 2.20 bits per heavy atom. The molecule has 0 aliphatic heterocycles. The second-order valence-corrected chi connectivity index (χ2v) is 3.55. The van der Waals surface area contributed by atoms with E-state index in [1.807, 2.05) is 0 Å². The lowest BCUT2D eigenvalue weighted by atomic mass is 10.2. The zero-order valence-electron chi connectivity index (χ0n) is 8.31. The van der Waals surface area contributed by atoms with Gasteiger partial charge in [-0.05, 0) is 25.0 Å². The van der Waals surface area contributed by atoms with Gasteiger partial charge in [-0.2, -0.15) is 0 Å². The van der Waals surface area contributed by atoms with Crippen LogP contribution in [0.15, 0.2) is 30.5 Å². The van der Waals surface area contributed by atoms with Crippen LogP contribution in [0.5, 0.6) is 0 Å². The molecule has 4 nitrogen and oxygen atoms in total. The number of carbonyl (C=O) groups excluding carboxylic acids is 1. The summed E-state index contributed by atoms with van der Waals surface area (Å²) in [6, 6.07) is 3.58. The highest BCUT2D eigenvalue weighted by Crippen LogP contribution is 2.12. The van der Waals surface area contributed by atoms with Crippen molar-refractivity contribution >= 4 is 11.6 Å². The minimum atomic E-state index is -0.193. The third-order valence-electron chi connectivity index (χ3n) is 2.40. The van der Waals surface area contributed by atoms with Crippen molar-refractivity contribution in [1.82, 2.24) is 10.3 Å². The monoisotopic (exact) mass is 203 g/mol. The van der Waals surface area contributed by atoms with Crippen molar-refractivity contribution in [2.45, 2.75) is 18.9 Å². The van der Waals surface area contributed by atoms with Crippen molar-refractivity contribution < 1.29 is 4.79 Å². The molecule has 0 spiro atoms. The first-order chi connectivity index (χ1) is 7.27. The van der Waals surface area contributed by atoms with Crippen molar-refractivity contribution in [3.8, 4) is 0 Å². The second kappa shape index (κ2) is 4.13. The highest BCUT2D eigenvalue weighted by atomic mass is 16.1. The molecule has 1 heterocycles. The maximum absolute atomic E-state index is 11.7. The molecular formula is C11H13N3O. The largest absolute Gasteiger partial charge is 0.397 e. The Morgan fingerprint density at radius 1 is 1.47 bits per heavy atom. The summed E-state index contributed by atoms with van der Waals surface area (Å²) < 4.78 is 0. The Balaban J connectivity index is 2.05. The zero-order chi connectivity index (χ0) is 10.7. The maximum atomic E-state index is 11.7. The zero-order valence-corrected chi connectivity index (χ0v) is 8.31. The van der Waals surface area contributed by atoms with Crippen LogP contribution in [0.3, 0.4) is 0 Å². The van der Waals surface area contributed by atoms with Crippen molar-refractivity contribution in [2.75, 3.05) is 5.73 Å². The van der Waals surface area contributed by atoms with Crippen LogP contribution in [-0.4, -0.2) is 16.9 Å². The first-order valence-electron chi connectivity index (χ1n) is 4.93. The standard InChI is InChI=1S/C11H13N3O/c12-9-6-3-7-13-10(9)11(15)14-8-4-1-2-5-8/h1-3,6-8H,4-5,12H2,(H,14,15). The van der Waals surface area contributed by atoms with Gasteiger partial charge in [-0.1, -0.05) is 12.2 Å². The van der Waals surface area contributed by atoms with Crippen LogP contribution in [0.1, 0.15) is 23.3 Å². The van der Waals surface area contributed by atoms with E-state index in [1.54, 1.807) is 18.3 Å². The van der Waals surface area contributed by atoms with Crippen molar-refractivity contribution in [2.24, 2.45) is 0 Å². The Morgan fingerprint density at radius 3 is 2.87 bits per heavy atom. The molecule has 1 aliphatic carbocycles. The number of hydrogen-bond acceptors (Lipinski definition) is 3. The molecule has 78 valence electrons. The molecule has 1 aromatic rings. The molecular weight excluding hydrogens is 190 g/mol. The second-order valence-electron chi connectivity index (χ2n) is 3.55. The van der Waals surface area contributed by atoms with Crippen LogP contribution >= 0.6 is 0 Å². The fourth-order valence-corrected chi connectivity index (χ4v) is 1.60. The number of nitrogen functional groups attached to an aromatic ring is 1. The van der Waals surface area contributed by atoms with E-state index in [9.17, 15) is 4.79 Å². The number of carbonyl (C=O) groups is 1. The minimum Gasteiger partial charge on any atom is -0.397 e. The number of nitrogens with one attached hydrogen (secondary N) is 1. The van der Waals surface area contributed by atoms with Gasteiger partial charge in [-0.25, -0.2) is 4.98 Å². The Kier molecular flexibility index (Phi) is 2.67. The van der Waals surface area contributed by atoms with Crippen molar-refractivity contribution in [3.63, 3.8) is 0 Å². The summed E-state index contributed by atoms with van der Waals surface area (Å²) in [7, 11) is 0. The van der Waals surface area contributed by atoms with Crippen LogP contribution in [0.4, 0.5) is 5.69 Å². The molecule has 4 heteroatoms. The van der Waals surface area contributed by atoms with E-state index in [4.69, 9.17) is 5.73 Å². The first-order valence-corrected chi connectivity index (χ1v) is 4.93. The minimum absolute atomic E-state index is 0.193. The Bertz CT molecular complexity index is 393. The number of aromatic nitrogens is 1. The molecule has 2 rings (SSSR count). The van der Waals surface area contributed by atoms with E-state index < -0.39 is 0 Å². The van der Waals surface area contributed by atoms with Crippen LogP contribution in [0.25, 0.3) is 0 Å². The molecule has 1 aliphatic rings. The van der Waals surface area contributed by atoms with E-state index in [0.717, 1.165) is 12.8 Å². The molecule has 3 N–H and O–H groups in total. The summed E-state index contributed by atoms with van der Waals surface area (Å²) in [6.07, 6.45) is 7.47. The summed E-state index contributed by atoms with van der Waals surface area (Å²) in [4.78, 5) is 15.7. The number of pyridine rings is 1. The van der Waals surface area contributed by atoms with Gasteiger partial charge in [-0.15, -0.1) is 0 Å². The Hall–Kier alpha value is -1.84. The average Bonchev–Trinajstić information content (AvgIpc) is 2.71. The third kappa shape index (κ3) is 2.15. The van der Waals surface area contributed by atoms with E-state index in [2.05, 4.69) is 22.5 Å². The lowest BCUT2D eigenvalue weighted by Crippen LogP contribution is -2.33. The van der Waals surface area contributed by atoms with Gasteiger partial charge in [-0.3, -0.25) is 4.79 Å². The predicted octanol–water partition coefficient (Wildman–Crippen LogP) is 1.11. The van der Waals surface area contributed by atoms with Gasteiger partial charge >= 0.3 is 0 Å². The molecule has 0 atom stereocenters. The van der Waals surface area contributed by atoms with Crippen molar-refractivity contribution in [1.29, 1.82) is 0 Å². The van der Waals surface area contributed by atoms with Crippen LogP contribution < -0.4 is 11.1 Å². The molecule has 0 radical (unpaired) electrons. The number of anilines is 1. The topological polar surface area (TPSA) is 68.0 Å². The molecule has 0 saturated heterocycles. The van der Waals surface area contributed by atoms with Gasteiger partial charge in [0.2, 0.25) is 0 Å². The SMILES string of the molecule is Nc1cccnc1C(=O)NC1CC=CC1. The van der Waals surface area contributed by atoms with Gasteiger partial charge < -0.3 is 11.1 Å². The van der Waals surface area contributed by atoms with Gasteiger partial charge in [0, 0.05) is 12.2 Å². The van der Waals surface area contributed by atoms with Crippen LogP contribution in [-0.2, 0) is 0 Å². The summed E-state index contributed by atoms with van der Waals surface area (Å²) in [5.41, 5.74) is 6.38. The lowest BCUT2D eigenvalue weighted by molar-refractivity contribution is 0.0935. The van der Waals surface area contributed by atoms with Crippen LogP contribution in [0, 0.1) is 0 Å². The van der Waals surface area contributed by atoms with E-state index in [-0.39, 0.29) is 11.9 Å². The summed E-state index contributed by atoms with van der Waals surface area (Å²) >= 11 is 0. The van der Waals surface area contributed by atoms with Gasteiger partial charge in [0.05, 0.1) is 5.69 Å². The molecule has 0 saturated carbocycles. The van der Waals surface area contributed by atoms with E-state index in [0.29, 0.717) is 11.4 Å². The molecule has 1 aromatic heterocycles. The number of amides is 1. The highest BCUT2D eigenvalue weighted by molar-refractivity contribution is 5.97. The normalized spacial score (nSPS) is 15.5. The fourth-order valence-electron chi connectivity index (χ4n) is 1.60. The summed E-state index contributed by atoms with van der Waals surface area (Å²) in [5, 5.41) is 2.89. The molecule has 0 aromatic carbocycles. The van der Waals surface area contributed by atoms with Crippen LogP contribution in [0.2, 0.25) is 0 Å². The molecule has 0 bridgehead atoms. The molecule has 15 heavy (non-hydrogen) atoms. The van der Waals surface area contributed by atoms with Gasteiger partial charge in [0.25, 0.3) is 5.91 Å². The molecule has 0 fully saturated rings. The quantitative estimate of drug-likeness (QED) is 0.707. The molecule has 0 unspecified atom stereocenters. The van der Waals surface area contributed by atoms with E-state index in [1.165, 1.54) is 0 Å². The molecule has 1 amide bonds. The first kappa shape index (κ1) is 9.71. The number of hydrogen-bond donors (Lipinski definition) is 2. The predicted molar refractivity (Wildman–Crippen MR) is 58.3 cm³/mol. The van der Waals surface area contributed by atoms with Crippen molar-refractivity contribution in [3.05, 3.63) is 36.2 Å². The number of rotatable bonds is 2. The third-order valence-corrected chi connectivity index (χ3v) is 2.40. The maximum Gasteiger partial charge on any atom is 0.272 e. The number of nitrogens with zero attached hydrogens (tertiary/aromatic N) is 1. The van der Waals surface area contributed by atoms with E-state index >= 15 is 0 Å². The highest BCUT2D eigenvalue weighted by Gasteiger charge is 2.16. The summed E-state index contributed by atoms with van der Waals surface area (Å²) in [6.45, 7) is 0. The average molecular weight is 203 g/mol. The van der Waals surface area contributed by atoms with Gasteiger partial charge in [0.1, 0.15) is 0 Å². The van der Waals surface area contributed by atoms with Gasteiger partial charge in [0.15, 0.2) is 5.69 Å². The summed E-state index contributed by atoms with van der Waals surface area (Å²) in [5.74, 6) is -0.193. The fraction of sp³-hybridized carbons (Fsp3) is 0.273. The number of nitrogens with two attached hydrogens (primary N) is 1. The Labute approximate surface area is 88.2 Å².